The van der Waals surface area contributed by atoms with Crippen LogP contribution in [-0.2, 0) is 10.0 Å². The molecule has 0 atom stereocenters. The van der Waals surface area contributed by atoms with Gasteiger partial charge in [0.1, 0.15) is 5.82 Å². The molecule has 1 aromatic heterocycles. The molecule has 0 saturated heterocycles. The summed E-state index contributed by atoms with van der Waals surface area (Å²) < 4.78 is 25.2. The van der Waals surface area contributed by atoms with Crippen LogP contribution in [0.5, 0.6) is 0 Å². The van der Waals surface area contributed by atoms with Gasteiger partial charge in [0, 0.05) is 0 Å². The van der Waals surface area contributed by atoms with Gasteiger partial charge in [-0.3, -0.25) is 9.82 Å². The number of nitrogens with zero attached hydrogens (tertiary/aromatic N) is 2. The first-order valence-electron chi connectivity index (χ1n) is 4.52. The highest BCUT2D eigenvalue weighted by atomic mass is 32.2. The first-order valence-corrected chi connectivity index (χ1v) is 6.17. The lowest BCUT2D eigenvalue weighted by atomic mass is 10.3. The van der Waals surface area contributed by atoms with E-state index in [9.17, 15) is 8.42 Å². The molecule has 9 heteroatoms. The van der Waals surface area contributed by atoms with Crippen LogP contribution in [0.25, 0.3) is 0 Å². The van der Waals surface area contributed by atoms with Gasteiger partial charge in [0.2, 0.25) is 10.0 Å². The maximum Gasteiger partial charge on any atom is 0.233 e. The Morgan fingerprint density at radius 1 is 1.75 bits per heavy atom. The van der Waals surface area contributed by atoms with Crippen molar-refractivity contribution in [2.45, 2.75) is 13.3 Å². The van der Waals surface area contributed by atoms with Crippen LogP contribution in [0.1, 0.15) is 18.9 Å². The lowest BCUT2D eigenvalue weighted by Crippen LogP contribution is -2.20. The van der Waals surface area contributed by atoms with Crippen molar-refractivity contribution in [3.8, 4) is 0 Å². The molecule has 0 aliphatic carbocycles. The summed E-state index contributed by atoms with van der Waals surface area (Å²) in [6.45, 7) is 1.75. The van der Waals surface area contributed by atoms with E-state index in [2.05, 4.69) is 20.1 Å². The number of nitrogens with one attached hydrogen (secondary N) is 2. The van der Waals surface area contributed by atoms with Gasteiger partial charge in [-0.1, -0.05) is 12.1 Å². The molecule has 0 bridgehead atoms. The highest BCUT2D eigenvalue weighted by molar-refractivity contribution is 7.92. The summed E-state index contributed by atoms with van der Waals surface area (Å²) in [5.74, 6) is -0.145. The SMILES string of the molecule is CCCS(=O)(=O)Nc1[nH]ncc1C(N)=NO. The molecule has 0 aliphatic heterocycles. The molecule has 90 valence electrons. The van der Waals surface area contributed by atoms with Gasteiger partial charge >= 0.3 is 0 Å². The summed E-state index contributed by atoms with van der Waals surface area (Å²) in [7, 11) is -3.43. The lowest BCUT2D eigenvalue weighted by Gasteiger charge is -2.05. The number of oxime groups is 1. The summed E-state index contributed by atoms with van der Waals surface area (Å²) in [5, 5.41) is 17.3. The summed E-state index contributed by atoms with van der Waals surface area (Å²) in [6.07, 6.45) is 1.75. The Morgan fingerprint density at radius 2 is 2.44 bits per heavy atom. The molecule has 16 heavy (non-hydrogen) atoms. The standard InChI is InChI=1S/C7H13N5O3S/c1-2-3-16(14,15)12-7-5(4-9-10-7)6(8)11-13/h4,13H,2-3H2,1H3,(H2,8,11)(H2,9,10,12). The van der Waals surface area contributed by atoms with Crippen molar-refractivity contribution in [2.75, 3.05) is 10.5 Å². The van der Waals surface area contributed by atoms with Crippen LogP contribution >= 0.6 is 0 Å². The van der Waals surface area contributed by atoms with Crippen LogP contribution in [0, 0.1) is 0 Å². The summed E-state index contributed by atoms with van der Waals surface area (Å²) in [4.78, 5) is 0. The minimum absolute atomic E-state index is 0.0123. The van der Waals surface area contributed by atoms with Crippen LogP contribution in [0.15, 0.2) is 11.4 Å². The van der Waals surface area contributed by atoms with E-state index in [4.69, 9.17) is 10.9 Å². The van der Waals surface area contributed by atoms with Crippen LogP contribution < -0.4 is 10.5 Å². The number of aromatic amines is 1. The Kier molecular flexibility index (Phi) is 3.72. The largest absolute Gasteiger partial charge is 0.409 e. The van der Waals surface area contributed by atoms with E-state index < -0.39 is 10.0 Å². The highest BCUT2D eigenvalue weighted by Gasteiger charge is 2.15. The molecule has 1 rings (SSSR count). The van der Waals surface area contributed by atoms with Gasteiger partial charge in [0.15, 0.2) is 5.84 Å². The number of rotatable bonds is 5. The predicted octanol–water partition coefficient (Wildman–Crippen LogP) is -0.344. The molecule has 0 radical (unpaired) electrons. The molecular formula is C7H13N5O3S. The summed E-state index contributed by atoms with van der Waals surface area (Å²) in [5.41, 5.74) is 5.53. The maximum absolute atomic E-state index is 11.5. The number of amidine groups is 1. The third-order valence-electron chi connectivity index (χ3n) is 1.75. The summed E-state index contributed by atoms with van der Waals surface area (Å²) >= 11 is 0. The van der Waals surface area contributed by atoms with Gasteiger partial charge in [0.05, 0.1) is 17.5 Å². The van der Waals surface area contributed by atoms with Crippen molar-refractivity contribution in [3.05, 3.63) is 11.8 Å². The number of nitrogens with two attached hydrogens (primary N) is 1. The fourth-order valence-electron chi connectivity index (χ4n) is 1.09. The number of anilines is 1. The Labute approximate surface area is 92.6 Å². The minimum Gasteiger partial charge on any atom is -0.409 e. The molecule has 0 saturated carbocycles. The number of hydrogen-bond donors (Lipinski definition) is 4. The normalized spacial score (nSPS) is 12.7. The Bertz CT molecular complexity index is 478. The molecule has 0 spiro atoms. The van der Waals surface area contributed by atoms with Gasteiger partial charge in [-0.15, -0.1) is 0 Å². The second-order valence-corrected chi connectivity index (χ2v) is 4.91. The Hall–Kier alpha value is -1.77. The Morgan fingerprint density at radius 3 is 3.00 bits per heavy atom. The molecule has 0 aliphatic rings. The van der Waals surface area contributed by atoms with Crippen molar-refractivity contribution >= 4 is 21.7 Å². The van der Waals surface area contributed by atoms with Crippen molar-refractivity contribution in [3.63, 3.8) is 0 Å². The molecule has 5 N–H and O–H groups in total. The molecule has 1 heterocycles. The van der Waals surface area contributed by atoms with Crippen molar-refractivity contribution in [1.29, 1.82) is 0 Å². The average molecular weight is 247 g/mol. The zero-order valence-electron chi connectivity index (χ0n) is 8.64. The van der Waals surface area contributed by atoms with Crippen LogP contribution in [0.3, 0.4) is 0 Å². The van der Waals surface area contributed by atoms with E-state index in [1.807, 2.05) is 0 Å². The third kappa shape index (κ3) is 2.86. The molecule has 0 amide bonds. The fraction of sp³-hybridized carbons (Fsp3) is 0.429. The van der Waals surface area contributed by atoms with E-state index in [-0.39, 0.29) is 23.0 Å². The van der Waals surface area contributed by atoms with Crippen LogP contribution in [0.2, 0.25) is 0 Å². The zero-order chi connectivity index (χ0) is 12.2. The van der Waals surface area contributed by atoms with E-state index in [1.165, 1.54) is 6.20 Å². The zero-order valence-corrected chi connectivity index (χ0v) is 9.45. The second-order valence-electron chi connectivity index (χ2n) is 3.06. The lowest BCUT2D eigenvalue weighted by molar-refractivity contribution is 0.318. The Balaban J connectivity index is 2.95. The molecule has 0 aromatic carbocycles. The first kappa shape index (κ1) is 12.3. The number of aromatic nitrogens is 2. The molecule has 1 aromatic rings. The fourth-order valence-corrected chi connectivity index (χ4v) is 2.19. The average Bonchev–Trinajstić information content (AvgIpc) is 2.63. The highest BCUT2D eigenvalue weighted by Crippen LogP contribution is 2.12. The maximum atomic E-state index is 11.5. The number of H-pyrrole nitrogens is 1. The van der Waals surface area contributed by atoms with Crippen molar-refractivity contribution < 1.29 is 13.6 Å². The van der Waals surface area contributed by atoms with Gasteiger partial charge < -0.3 is 10.9 Å². The van der Waals surface area contributed by atoms with E-state index >= 15 is 0 Å². The van der Waals surface area contributed by atoms with E-state index in [1.54, 1.807) is 6.92 Å². The third-order valence-corrected chi connectivity index (χ3v) is 3.21. The number of sulfonamides is 1. The number of hydrogen-bond acceptors (Lipinski definition) is 5. The van der Waals surface area contributed by atoms with Gasteiger partial charge in [-0.2, -0.15) is 5.10 Å². The van der Waals surface area contributed by atoms with E-state index in [0.717, 1.165) is 0 Å². The van der Waals surface area contributed by atoms with E-state index in [0.29, 0.717) is 6.42 Å². The van der Waals surface area contributed by atoms with Crippen LogP contribution in [0.4, 0.5) is 5.82 Å². The molecular weight excluding hydrogens is 234 g/mol. The van der Waals surface area contributed by atoms with Gasteiger partial charge in [-0.05, 0) is 6.42 Å². The second kappa shape index (κ2) is 4.84. The molecule has 8 nitrogen and oxygen atoms in total. The van der Waals surface area contributed by atoms with Crippen molar-refractivity contribution in [2.24, 2.45) is 10.9 Å². The van der Waals surface area contributed by atoms with Crippen molar-refractivity contribution in [1.82, 2.24) is 10.2 Å². The predicted molar refractivity (Wildman–Crippen MR) is 58.8 cm³/mol. The quantitative estimate of drug-likeness (QED) is 0.244. The smallest absolute Gasteiger partial charge is 0.233 e. The van der Waals surface area contributed by atoms with Crippen LogP contribution in [-0.4, -0.2) is 35.4 Å². The molecule has 0 fully saturated rings. The first-order chi connectivity index (χ1) is 7.50. The topological polar surface area (TPSA) is 133 Å². The monoisotopic (exact) mass is 247 g/mol. The van der Waals surface area contributed by atoms with Gasteiger partial charge in [-0.25, -0.2) is 8.42 Å². The minimum atomic E-state index is -3.43. The molecule has 0 unspecified atom stereocenters. The summed E-state index contributed by atoms with van der Waals surface area (Å²) in [6, 6.07) is 0. The van der Waals surface area contributed by atoms with Gasteiger partial charge in [0.25, 0.3) is 0 Å².